The van der Waals surface area contributed by atoms with Crippen LogP contribution in [0.5, 0.6) is 0 Å². The van der Waals surface area contributed by atoms with Gasteiger partial charge in [0.1, 0.15) is 0 Å². The fourth-order valence-corrected chi connectivity index (χ4v) is 3.18. The molecule has 1 fully saturated rings. The first-order chi connectivity index (χ1) is 13.6. The van der Waals surface area contributed by atoms with Gasteiger partial charge in [-0.2, -0.15) is 0 Å². The molecule has 1 N–H and O–H groups in total. The van der Waals surface area contributed by atoms with Crippen molar-refractivity contribution < 1.29 is 9.59 Å². The van der Waals surface area contributed by atoms with E-state index in [9.17, 15) is 9.59 Å². The van der Waals surface area contributed by atoms with E-state index in [0.29, 0.717) is 16.9 Å². The Morgan fingerprint density at radius 3 is 2.43 bits per heavy atom. The average Bonchev–Trinajstić information content (AvgIpc) is 3.41. The number of tetrazole rings is 1. The molecule has 2 heterocycles. The molecule has 0 radical (unpaired) electrons. The van der Waals surface area contributed by atoms with Crippen LogP contribution >= 0.6 is 0 Å². The van der Waals surface area contributed by atoms with Gasteiger partial charge in [-0.25, -0.2) is 0 Å². The highest BCUT2D eigenvalue weighted by Gasteiger charge is 2.23. The van der Waals surface area contributed by atoms with Crippen molar-refractivity contribution in [1.82, 2.24) is 25.1 Å². The lowest BCUT2D eigenvalue weighted by molar-refractivity contribution is 0.0780. The first kappa shape index (κ1) is 17.8. The number of hydrogen-bond acceptors (Lipinski definition) is 5. The van der Waals surface area contributed by atoms with Crippen molar-refractivity contribution in [3.8, 4) is 5.69 Å². The maximum atomic E-state index is 12.4. The number of benzene rings is 2. The number of rotatable bonds is 4. The summed E-state index contributed by atoms with van der Waals surface area (Å²) in [5.74, 6) is -0.257. The first-order valence-corrected chi connectivity index (χ1v) is 9.18. The van der Waals surface area contributed by atoms with E-state index in [0.717, 1.165) is 31.5 Å². The van der Waals surface area contributed by atoms with Gasteiger partial charge in [0, 0.05) is 24.3 Å². The summed E-state index contributed by atoms with van der Waals surface area (Å²) in [4.78, 5) is 27.8. The number of amides is 2. The van der Waals surface area contributed by atoms with Crippen LogP contribution in [0.15, 0.2) is 48.5 Å². The predicted octanol–water partition coefficient (Wildman–Crippen LogP) is 2.46. The van der Waals surface area contributed by atoms with Crippen LogP contribution < -0.4 is 5.32 Å². The molecular formula is C20H20N6O2. The normalized spacial score (nSPS) is 13.5. The van der Waals surface area contributed by atoms with Crippen molar-refractivity contribution in [2.75, 3.05) is 18.4 Å². The molecule has 1 aliphatic heterocycles. The van der Waals surface area contributed by atoms with Gasteiger partial charge in [-0.15, -0.1) is 15.0 Å². The largest absolute Gasteiger partial charge is 0.336 e. The molecule has 0 atom stereocenters. The van der Waals surface area contributed by atoms with Crippen molar-refractivity contribution in [2.24, 2.45) is 0 Å². The highest BCUT2D eigenvalue weighted by Crippen LogP contribution is 2.15. The monoisotopic (exact) mass is 376 g/mol. The molecule has 8 nitrogen and oxygen atoms in total. The molecule has 0 bridgehead atoms. The number of anilines is 1. The SMILES string of the molecule is Cc1ccccc1C(=O)Nc1ccc(-n2nnc(C(=O)N3CCCC3)n2)cc1. The van der Waals surface area contributed by atoms with Gasteiger partial charge in [0.15, 0.2) is 0 Å². The molecule has 142 valence electrons. The molecular weight excluding hydrogens is 356 g/mol. The average molecular weight is 376 g/mol. The lowest BCUT2D eigenvalue weighted by Gasteiger charge is -2.11. The number of carbonyl (C=O) groups is 2. The summed E-state index contributed by atoms with van der Waals surface area (Å²) in [6, 6.07) is 14.5. The Morgan fingerprint density at radius 1 is 1.00 bits per heavy atom. The summed E-state index contributed by atoms with van der Waals surface area (Å²) >= 11 is 0. The second-order valence-corrected chi connectivity index (χ2v) is 6.72. The van der Waals surface area contributed by atoms with E-state index in [2.05, 4.69) is 20.7 Å². The molecule has 8 heteroatoms. The van der Waals surface area contributed by atoms with Crippen LogP contribution in [0.2, 0.25) is 0 Å². The van der Waals surface area contributed by atoms with Crippen molar-refractivity contribution in [1.29, 1.82) is 0 Å². The zero-order chi connectivity index (χ0) is 19.5. The molecule has 0 unspecified atom stereocenters. The van der Waals surface area contributed by atoms with Gasteiger partial charge in [0.25, 0.3) is 17.6 Å². The lowest BCUT2D eigenvalue weighted by atomic mass is 10.1. The fraction of sp³-hybridized carbons (Fsp3) is 0.250. The number of carbonyl (C=O) groups excluding carboxylic acids is 2. The summed E-state index contributed by atoms with van der Waals surface area (Å²) in [6.45, 7) is 3.38. The van der Waals surface area contributed by atoms with Gasteiger partial charge in [-0.1, -0.05) is 18.2 Å². The number of likely N-dealkylation sites (tertiary alicyclic amines) is 1. The first-order valence-electron chi connectivity index (χ1n) is 9.18. The Kier molecular flexibility index (Phi) is 4.84. The molecule has 2 amide bonds. The van der Waals surface area contributed by atoms with Crippen LogP contribution in [0.1, 0.15) is 39.4 Å². The minimum atomic E-state index is -0.189. The van der Waals surface area contributed by atoms with Crippen LogP contribution in [0.3, 0.4) is 0 Å². The predicted molar refractivity (Wildman–Crippen MR) is 103 cm³/mol. The van der Waals surface area contributed by atoms with E-state index in [-0.39, 0.29) is 17.6 Å². The van der Waals surface area contributed by atoms with Gasteiger partial charge in [-0.3, -0.25) is 9.59 Å². The van der Waals surface area contributed by atoms with Crippen LogP contribution in [-0.2, 0) is 0 Å². The summed E-state index contributed by atoms with van der Waals surface area (Å²) in [5.41, 5.74) is 2.86. The Labute approximate surface area is 162 Å². The highest BCUT2D eigenvalue weighted by atomic mass is 16.2. The van der Waals surface area contributed by atoms with E-state index in [1.54, 1.807) is 35.2 Å². The topological polar surface area (TPSA) is 93.0 Å². The maximum Gasteiger partial charge on any atom is 0.295 e. The Bertz CT molecular complexity index is 1010. The third-order valence-electron chi connectivity index (χ3n) is 4.74. The maximum absolute atomic E-state index is 12.4. The fourth-order valence-electron chi connectivity index (χ4n) is 3.18. The molecule has 0 saturated carbocycles. The van der Waals surface area contributed by atoms with E-state index in [1.165, 1.54) is 4.80 Å². The van der Waals surface area contributed by atoms with E-state index in [4.69, 9.17) is 0 Å². The number of aryl methyl sites for hydroxylation is 1. The van der Waals surface area contributed by atoms with Crippen molar-refractivity contribution in [3.05, 3.63) is 65.5 Å². The van der Waals surface area contributed by atoms with E-state index in [1.807, 2.05) is 25.1 Å². The number of nitrogens with zero attached hydrogens (tertiary/aromatic N) is 5. The van der Waals surface area contributed by atoms with E-state index >= 15 is 0 Å². The molecule has 28 heavy (non-hydrogen) atoms. The standard InChI is InChI=1S/C20H20N6O2/c1-14-6-2-3-7-17(14)19(27)21-15-8-10-16(11-9-15)26-23-18(22-24-26)20(28)25-12-4-5-13-25/h2-3,6-11H,4-5,12-13H2,1H3,(H,21,27). The summed E-state index contributed by atoms with van der Waals surface area (Å²) in [5, 5.41) is 14.9. The van der Waals surface area contributed by atoms with Crippen molar-refractivity contribution in [2.45, 2.75) is 19.8 Å². The Hall–Kier alpha value is -3.55. The zero-order valence-electron chi connectivity index (χ0n) is 15.5. The molecule has 1 aromatic heterocycles. The molecule has 1 aliphatic rings. The van der Waals surface area contributed by atoms with Crippen LogP contribution in [-0.4, -0.2) is 50.0 Å². The zero-order valence-corrected chi connectivity index (χ0v) is 15.5. The third kappa shape index (κ3) is 3.62. The third-order valence-corrected chi connectivity index (χ3v) is 4.74. The second kappa shape index (κ2) is 7.59. The minimum absolute atomic E-state index is 0.0961. The van der Waals surface area contributed by atoms with E-state index < -0.39 is 0 Å². The summed E-state index contributed by atoms with van der Waals surface area (Å²) in [7, 11) is 0. The van der Waals surface area contributed by atoms with Crippen LogP contribution in [0.4, 0.5) is 5.69 Å². The number of hydrogen-bond donors (Lipinski definition) is 1. The summed E-state index contributed by atoms with van der Waals surface area (Å²) in [6.07, 6.45) is 2.02. The summed E-state index contributed by atoms with van der Waals surface area (Å²) < 4.78 is 0. The van der Waals surface area contributed by atoms with Gasteiger partial charge >= 0.3 is 0 Å². The smallest absolute Gasteiger partial charge is 0.295 e. The minimum Gasteiger partial charge on any atom is -0.336 e. The molecule has 2 aromatic carbocycles. The lowest BCUT2D eigenvalue weighted by Crippen LogP contribution is -2.28. The number of aromatic nitrogens is 4. The van der Waals surface area contributed by atoms with Crippen LogP contribution in [0, 0.1) is 6.92 Å². The van der Waals surface area contributed by atoms with Crippen molar-refractivity contribution >= 4 is 17.5 Å². The molecule has 4 rings (SSSR count). The molecule has 0 spiro atoms. The van der Waals surface area contributed by atoms with Gasteiger partial charge in [-0.05, 0) is 60.9 Å². The van der Waals surface area contributed by atoms with Gasteiger partial charge in [0.05, 0.1) is 5.69 Å². The quantitative estimate of drug-likeness (QED) is 0.755. The van der Waals surface area contributed by atoms with Gasteiger partial charge < -0.3 is 10.2 Å². The van der Waals surface area contributed by atoms with Crippen molar-refractivity contribution in [3.63, 3.8) is 0 Å². The molecule has 1 saturated heterocycles. The number of nitrogens with one attached hydrogen (secondary N) is 1. The highest BCUT2D eigenvalue weighted by molar-refractivity contribution is 6.05. The molecule has 3 aromatic rings. The second-order valence-electron chi connectivity index (χ2n) is 6.72. The van der Waals surface area contributed by atoms with Gasteiger partial charge in [0.2, 0.25) is 0 Å². The Balaban J connectivity index is 1.45. The Morgan fingerprint density at radius 2 is 1.71 bits per heavy atom. The van der Waals surface area contributed by atoms with Crippen LogP contribution in [0.25, 0.3) is 5.69 Å². The molecule has 0 aliphatic carbocycles.